The molecule has 0 radical (unpaired) electrons. The van der Waals surface area contributed by atoms with Crippen LogP contribution in [0.15, 0.2) is 35.3 Å². The number of benzene rings is 1. The van der Waals surface area contributed by atoms with Gasteiger partial charge in [0.2, 0.25) is 12.2 Å². The number of rotatable bonds is 7. The maximum Gasteiger partial charge on any atom is 0.310 e. The quantitative estimate of drug-likeness (QED) is 0.403. The van der Waals surface area contributed by atoms with Gasteiger partial charge in [-0.1, -0.05) is 0 Å². The van der Waals surface area contributed by atoms with E-state index in [0.717, 1.165) is 0 Å². The Morgan fingerprint density at radius 2 is 2.00 bits per heavy atom. The Kier molecular flexibility index (Phi) is 6.09. The summed E-state index contributed by atoms with van der Waals surface area (Å²) in [4.78, 5) is 50.2. The highest BCUT2D eigenvalue weighted by molar-refractivity contribution is 6.04. The Bertz CT molecular complexity index is 1230. The van der Waals surface area contributed by atoms with Gasteiger partial charge in [-0.2, -0.15) is 0 Å². The molecular formula is C22H22F2N4O6. The molecule has 4 N–H and O–H groups in total. The van der Waals surface area contributed by atoms with Crippen molar-refractivity contribution < 1.29 is 32.6 Å². The first-order valence-corrected chi connectivity index (χ1v) is 10.6. The van der Waals surface area contributed by atoms with Crippen LogP contribution in [0.1, 0.15) is 36.5 Å². The van der Waals surface area contributed by atoms with Crippen LogP contribution >= 0.6 is 0 Å². The van der Waals surface area contributed by atoms with Gasteiger partial charge >= 0.3 is 5.97 Å². The van der Waals surface area contributed by atoms with Gasteiger partial charge < -0.3 is 25.8 Å². The van der Waals surface area contributed by atoms with Gasteiger partial charge in [0.15, 0.2) is 0 Å². The number of pyridine rings is 1. The van der Waals surface area contributed by atoms with Crippen molar-refractivity contribution in [1.29, 1.82) is 0 Å². The highest BCUT2D eigenvalue weighted by Gasteiger charge is 2.54. The number of nitrogens with two attached hydrogens (primary N) is 1. The monoisotopic (exact) mass is 476 g/mol. The first kappa shape index (κ1) is 23.4. The minimum atomic E-state index is -1.22. The highest BCUT2D eigenvalue weighted by atomic mass is 19.1. The van der Waals surface area contributed by atoms with Gasteiger partial charge in [0, 0.05) is 18.9 Å². The predicted octanol–water partition coefficient (Wildman–Crippen LogP) is 1.24. The van der Waals surface area contributed by atoms with Crippen molar-refractivity contribution in [2.75, 3.05) is 17.7 Å². The Morgan fingerprint density at radius 3 is 2.68 bits per heavy atom. The lowest BCUT2D eigenvalue weighted by atomic mass is 10.1. The van der Waals surface area contributed by atoms with Crippen LogP contribution in [0.25, 0.3) is 0 Å². The second kappa shape index (κ2) is 8.86. The molecule has 1 aromatic heterocycles. The molecular weight excluding hydrogens is 454 g/mol. The Morgan fingerprint density at radius 1 is 1.26 bits per heavy atom. The van der Waals surface area contributed by atoms with E-state index in [9.17, 15) is 28.0 Å². The Balaban J connectivity index is 1.55. The Labute approximate surface area is 192 Å². The first-order chi connectivity index (χ1) is 16.2. The number of nitrogen functional groups attached to an aromatic ring is 1. The van der Waals surface area contributed by atoms with Crippen LogP contribution in [0, 0.1) is 11.6 Å². The number of carbonyl (C=O) groups is 3. The lowest BCUT2D eigenvalue weighted by Gasteiger charge is -2.23. The van der Waals surface area contributed by atoms with Gasteiger partial charge in [-0.25, -0.2) is 8.78 Å². The molecule has 1 saturated carbocycles. The molecule has 10 nitrogen and oxygen atoms in total. The summed E-state index contributed by atoms with van der Waals surface area (Å²) in [5.74, 6) is -4.10. The van der Waals surface area contributed by atoms with E-state index in [0.29, 0.717) is 25.0 Å². The van der Waals surface area contributed by atoms with Crippen molar-refractivity contribution >= 4 is 29.2 Å². The van der Waals surface area contributed by atoms with Crippen LogP contribution in [-0.4, -0.2) is 41.3 Å². The lowest BCUT2D eigenvalue weighted by molar-refractivity contribution is -0.164. The number of halogens is 2. The molecule has 1 aliphatic heterocycles. The first-order valence-electron chi connectivity index (χ1n) is 10.6. The summed E-state index contributed by atoms with van der Waals surface area (Å²) < 4.78 is 39.4. The molecule has 2 aromatic rings. The zero-order valence-corrected chi connectivity index (χ0v) is 18.1. The fourth-order valence-electron chi connectivity index (χ4n) is 3.82. The molecule has 2 amide bonds. The third-order valence-corrected chi connectivity index (χ3v) is 5.74. The van der Waals surface area contributed by atoms with Gasteiger partial charge in [-0.15, -0.1) is 0 Å². The number of carbonyl (C=O) groups excluding carboxylic acids is 3. The van der Waals surface area contributed by atoms with E-state index in [-0.39, 0.29) is 18.7 Å². The molecule has 1 saturated heterocycles. The molecule has 180 valence electrons. The van der Waals surface area contributed by atoms with Crippen molar-refractivity contribution in [2.24, 2.45) is 0 Å². The SMILES string of the molecule is CCO[C@H]1OC(=O)C[C@@H]1NC(=O)C1(n2cccc(NC(=O)c3cc(F)c(N)cc3F)c2=O)CC1. The molecule has 2 atom stereocenters. The normalized spacial score (nSPS) is 20.5. The number of amides is 2. The van der Waals surface area contributed by atoms with Crippen LogP contribution in [0.2, 0.25) is 0 Å². The van der Waals surface area contributed by atoms with Crippen molar-refractivity contribution in [1.82, 2.24) is 9.88 Å². The van der Waals surface area contributed by atoms with Crippen LogP contribution in [0.3, 0.4) is 0 Å². The third-order valence-electron chi connectivity index (χ3n) is 5.74. The number of hydrogen-bond donors (Lipinski definition) is 3. The molecule has 34 heavy (non-hydrogen) atoms. The maximum absolute atomic E-state index is 14.1. The van der Waals surface area contributed by atoms with Crippen molar-refractivity contribution in [3.8, 4) is 0 Å². The molecule has 2 heterocycles. The van der Waals surface area contributed by atoms with E-state index in [1.165, 1.54) is 22.9 Å². The topological polar surface area (TPSA) is 142 Å². The summed E-state index contributed by atoms with van der Waals surface area (Å²) in [6, 6.07) is 3.32. The number of ether oxygens (including phenoxy) is 2. The number of hydrogen-bond acceptors (Lipinski definition) is 7. The van der Waals surface area contributed by atoms with Crippen molar-refractivity contribution in [3.63, 3.8) is 0 Å². The van der Waals surface area contributed by atoms with Gasteiger partial charge in [0.1, 0.15) is 28.9 Å². The number of nitrogens with one attached hydrogen (secondary N) is 2. The molecule has 4 rings (SSSR count). The average molecular weight is 476 g/mol. The van der Waals surface area contributed by atoms with E-state index in [2.05, 4.69) is 10.6 Å². The van der Waals surface area contributed by atoms with Crippen LogP contribution in [0.4, 0.5) is 20.2 Å². The van der Waals surface area contributed by atoms with Gasteiger partial charge in [-0.3, -0.25) is 23.7 Å². The van der Waals surface area contributed by atoms with E-state index in [1.807, 2.05) is 0 Å². The second-order valence-corrected chi connectivity index (χ2v) is 8.03. The molecule has 12 heteroatoms. The molecule has 1 aliphatic carbocycles. The van der Waals surface area contributed by atoms with Gasteiger partial charge in [0.05, 0.1) is 17.7 Å². The maximum atomic E-state index is 14.1. The number of anilines is 2. The number of cyclic esters (lactones) is 1. The van der Waals surface area contributed by atoms with Crippen LogP contribution in [0.5, 0.6) is 0 Å². The van der Waals surface area contributed by atoms with Gasteiger partial charge in [0.25, 0.3) is 11.5 Å². The summed E-state index contributed by atoms with van der Waals surface area (Å²) in [6.07, 6.45) is 1.09. The minimum Gasteiger partial charge on any atom is -0.433 e. The summed E-state index contributed by atoms with van der Waals surface area (Å²) in [5.41, 5.74) is 2.04. The van der Waals surface area contributed by atoms with E-state index in [4.69, 9.17) is 15.2 Å². The van der Waals surface area contributed by atoms with E-state index in [1.54, 1.807) is 6.92 Å². The summed E-state index contributed by atoms with van der Waals surface area (Å²) in [6.45, 7) is 1.99. The fraction of sp³-hybridized carbons (Fsp3) is 0.364. The molecule has 0 spiro atoms. The zero-order valence-electron chi connectivity index (χ0n) is 18.1. The minimum absolute atomic E-state index is 0.0683. The average Bonchev–Trinajstić information content (AvgIpc) is 3.52. The Hall–Kier alpha value is -3.80. The molecule has 1 aromatic carbocycles. The molecule has 0 bridgehead atoms. The summed E-state index contributed by atoms with van der Waals surface area (Å²) in [7, 11) is 0. The second-order valence-electron chi connectivity index (χ2n) is 8.03. The zero-order chi connectivity index (χ0) is 24.6. The van der Waals surface area contributed by atoms with E-state index >= 15 is 0 Å². The molecule has 2 aliphatic rings. The third kappa shape index (κ3) is 4.23. The standard InChI is InChI=1S/C22H22F2N4O6/c1-2-33-20-16(10-17(29)34-20)27-21(32)22(5-6-22)28-7-3-4-15(19(28)31)26-18(30)11-8-13(24)14(25)9-12(11)23/h3-4,7-9,16,20H,2,5-6,10,25H2,1H3,(H,26,30)(H,27,32)/t16-,20-/m0/s1. The van der Waals surface area contributed by atoms with Crippen molar-refractivity contribution in [2.45, 2.75) is 44.1 Å². The number of nitrogens with zero attached hydrogens (tertiary/aromatic N) is 1. The lowest BCUT2D eigenvalue weighted by Crippen LogP contribution is -2.49. The van der Waals surface area contributed by atoms with Gasteiger partial charge in [-0.05, 0) is 38.0 Å². The van der Waals surface area contributed by atoms with Crippen LogP contribution < -0.4 is 21.9 Å². The number of esters is 1. The highest BCUT2D eigenvalue weighted by Crippen LogP contribution is 2.43. The number of aromatic nitrogens is 1. The predicted molar refractivity (Wildman–Crippen MR) is 115 cm³/mol. The summed E-state index contributed by atoms with van der Waals surface area (Å²) >= 11 is 0. The molecule has 0 unspecified atom stereocenters. The summed E-state index contributed by atoms with van der Waals surface area (Å²) in [5, 5.41) is 4.98. The van der Waals surface area contributed by atoms with E-state index < -0.39 is 64.1 Å². The van der Waals surface area contributed by atoms with Crippen LogP contribution in [-0.2, 0) is 24.6 Å². The largest absolute Gasteiger partial charge is 0.433 e. The van der Waals surface area contributed by atoms with Crippen molar-refractivity contribution in [3.05, 3.63) is 58.0 Å². The molecule has 2 fully saturated rings. The smallest absolute Gasteiger partial charge is 0.310 e. The fourth-order valence-corrected chi connectivity index (χ4v) is 3.82.